The molecule has 1 amide bonds. The summed E-state index contributed by atoms with van der Waals surface area (Å²) >= 11 is 0. The van der Waals surface area contributed by atoms with Crippen LogP contribution in [0.3, 0.4) is 0 Å². The Labute approximate surface area is 143 Å². The van der Waals surface area contributed by atoms with E-state index in [0.29, 0.717) is 0 Å². The minimum Gasteiger partial charge on any atom is -0.298 e. The molecule has 3 rings (SSSR count). The zero-order valence-electron chi connectivity index (χ0n) is 14.1. The van der Waals surface area contributed by atoms with E-state index in [1.165, 1.54) is 5.56 Å². The molecule has 1 aromatic carbocycles. The average Bonchev–Trinajstić information content (AvgIpc) is 2.63. The molecule has 5 nitrogen and oxygen atoms in total. The number of rotatable bonds is 5. The molecule has 24 heavy (non-hydrogen) atoms. The third-order valence-electron chi connectivity index (χ3n) is 4.43. The van der Waals surface area contributed by atoms with E-state index in [1.54, 1.807) is 11.2 Å². The highest BCUT2D eigenvalue weighted by Crippen LogP contribution is 2.19. The highest BCUT2D eigenvalue weighted by molar-refractivity contribution is 5.80. The van der Waals surface area contributed by atoms with Gasteiger partial charge in [0.1, 0.15) is 0 Å². The number of amides is 1. The van der Waals surface area contributed by atoms with Gasteiger partial charge in [-0.3, -0.25) is 25.1 Å². The van der Waals surface area contributed by atoms with Gasteiger partial charge in [-0.05, 0) is 43.1 Å². The van der Waals surface area contributed by atoms with Gasteiger partial charge in [-0.25, -0.2) is 0 Å². The van der Waals surface area contributed by atoms with Gasteiger partial charge in [0.2, 0.25) is 5.91 Å². The molecule has 2 aromatic rings. The first kappa shape index (κ1) is 16.5. The van der Waals surface area contributed by atoms with Crippen molar-refractivity contribution in [3.63, 3.8) is 0 Å². The lowest BCUT2D eigenvalue weighted by Crippen LogP contribution is -2.47. The van der Waals surface area contributed by atoms with Crippen molar-refractivity contribution in [3.8, 4) is 0 Å². The Morgan fingerprint density at radius 3 is 2.88 bits per heavy atom. The molecule has 1 N–H and O–H groups in total. The van der Waals surface area contributed by atoms with Crippen molar-refractivity contribution in [1.82, 2.24) is 15.3 Å². The number of hydrogen-bond donors (Lipinski definition) is 1. The molecule has 0 saturated carbocycles. The number of hydrogen-bond acceptors (Lipinski definition) is 4. The smallest absolute Gasteiger partial charge is 0.242 e. The topological polar surface area (TPSA) is 48.5 Å². The van der Waals surface area contributed by atoms with Crippen LogP contribution in [0.1, 0.15) is 18.4 Å². The van der Waals surface area contributed by atoms with Gasteiger partial charge in [-0.2, -0.15) is 0 Å². The number of pyridine rings is 1. The van der Waals surface area contributed by atoms with E-state index < -0.39 is 0 Å². The number of para-hydroxylation sites is 1. The van der Waals surface area contributed by atoms with Gasteiger partial charge < -0.3 is 0 Å². The summed E-state index contributed by atoms with van der Waals surface area (Å²) in [5.74, 6) is 0.124. The fourth-order valence-corrected chi connectivity index (χ4v) is 3.14. The average molecular weight is 324 g/mol. The zero-order valence-corrected chi connectivity index (χ0v) is 14.1. The number of hydrazine groups is 1. The number of piperidine rings is 1. The lowest BCUT2D eigenvalue weighted by molar-refractivity contribution is -0.126. The summed E-state index contributed by atoms with van der Waals surface area (Å²) in [5, 5.41) is 1.79. The number of likely N-dealkylation sites (tertiary alicyclic amines) is 1. The number of carbonyl (C=O) groups is 1. The molecule has 1 unspecified atom stereocenters. The van der Waals surface area contributed by atoms with Crippen LogP contribution in [0.15, 0.2) is 54.9 Å². The van der Waals surface area contributed by atoms with Crippen LogP contribution in [-0.2, 0) is 11.3 Å². The van der Waals surface area contributed by atoms with Crippen molar-refractivity contribution >= 4 is 11.6 Å². The van der Waals surface area contributed by atoms with Crippen LogP contribution in [0.4, 0.5) is 5.69 Å². The zero-order chi connectivity index (χ0) is 16.8. The number of nitrogens with one attached hydrogen (secondary N) is 1. The molecule has 1 aliphatic heterocycles. The predicted octanol–water partition coefficient (Wildman–Crippen LogP) is 2.46. The Morgan fingerprint density at radius 1 is 1.29 bits per heavy atom. The van der Waals surface area contributed by atoms with Crippen LogP contribution in [0.2, 0.25) is 0 Å². The first-order valence-electron chi connectivity index (χ1n) is 8.43. The van der Waals surface area contributed by atoms with Crippen LogP contribution >= 0.6 is 0 Å². The van der Waals surface area contributed by atoms with Crippen molar-refractivity contribution in [3.05, 3.63) is 60.4 Å². The SMILES string of the molecule is CN(NC(=O)C1CCCN(Cc2cccnc2)C1)c1ccccc1. The summed E-state index contributed by atoms with van der Waals surface area (Å²) in [6.07, 6.45) is 5.67. The minimum absolute atomic E-state index is 0.0292. The van der Waals surface area contributed by atoms with E-state index in [4.69, 9.17) is 0 Å². The first-order chi connectivity index (χ1) is 11.7. The largest absolute Gasteiger partial charge is 0.298 e. The molecule has 1 aromatic heterocycles. The van der Waals surface area contributed by atoms with Gasteiger partial charge in [0, 0.05) is 32.5 Å². The van der Waals surface area contributed by atoms with Gasteiger partial charge in [0.05, 0.1) is 11.6 Å². The Morgan fingerprint density at radius 2 is 2.12 bits per heavy atom. The van der Waals surface area contributed by atoms with E-state index in [0.717, 1.165) is 38.2 Å². The maximum atomic E-state index is 12.6. The van der Waals surface area contributed by atoms with E-state index in [-0.39, 0.29) is 11.8 Å². The summed E-state index contributed by atoms with van der Waals surface area (Å²) in [7, 11) is 1.88. The normalized spacial score (nSPS) is 18.1. The summed E-state index contributed by atoms with van der Waals surface area (Å²) in [6, 6.07) is 13.9. The lowest BCUT2D eigenvalue weighted by atomic mass is 9.97. The highest BCUT2D eigenvalue weighted by atomic mass is 16.2. The lowest BCUT2D eigenvalue weighted by Gasteiger charge is -2.33. The summed E-state index contributed by atoms with van der Waals surface area (Å²) in [4.78, 5) is 19.1. The van der Waals surface area contributed by atoms with E-state index in [9.17, 15) is 4.79 Å². The predicted molar refractivity (Wildman–Crippen MR) is 95.2 cm³/mol. The molecule has 1 atom stereocenters. The van der Waals surface area contributed by atoms with E-state index in [2.05, 4.69) is 21.4 Å². The summed E-state index contributed by atoms with van der Waals surface area (Å²) < 4.78 is 0. The minimum atomic E-state index is 0.0292. The van der Waals surface area contributed by atoms with Crippen molar-refractivity contribution in [1.29, 1.82) is 0 Å². The molecule has 1 fully saturated rings. The molecule has 0 bridgehead atoms. The molecule has 0 radical (unpaired) electrons. The highest BCUT2D eigenvalue weighted by Gasteiger charge is 2.26. The molecule has 0 spiro atoms. The number of aromatic nitrogens is 1. The third-order valence-corrected chi connectivity index (χ3v) is 4.43. The molecular formula is C19H24N4O. The Hall–Kier alpha value is -2.40. The molecule has 1 saturated heterocycles. The molecule has 2 heterocycles. The molecule has 1 aliphatic rings. The van der Waals surface area contributed by atoms with Crippen LogP contribution in [-0.4, -0.2) is 35.9 Å². The van der Waals surface area contributed by atoms with E-state index in [1.807, 2.05) is 49.6 Å². The van der Waals surface area contributed by atoms with Gasteiger partial charge in [-0.15, -0.1) is 0 Å². The number of nitrogens with zero attached hydrogens (tertiary/aromatic N) is 3. The number of anilines is 1. The second kappa shape index (κ2) is 7.93. The maximum Gasteiger partial charge on any atom is 0.242 e. The van der Waals surface area contributed by atoms with E-state index >= 15 is 0 Å². The molecule has 126 valence electrons. The number of benzene rings is 1. The monoisotopic (exact) mass is 324 g/mol. The van der Waals surface area contributed by atoms with Gasteiger partial charge in [-0.1, -0.05) is 24.3 Å². The Kier molecular flexibility index (Phi) is 5.43. The van der Waals surface area contributed by atoms with Crippen LogP contribution < -0.4 is 10.4 Å². The summed E-state index contributed by atoms with van der Waals surface area (Å²) in [5.41, 5.74) is 5.18. The standard InChI is InChI=1S/C19H24N4O/c1-22(18-9-3-2-4-10-18)21-19(24)17-8-6-12-23(15-17)14-16-7-5-11-20-13-16/h2-5,7,9-11,13,17H,6,8,12,14-15H2,1H3,(H,21,24). The third kappa shape index (κ3) is 4.32. The molecule has 0 aliphatic carbocycles. The van der Waals surface area contributed by atoms with Gasteiger partial charge >= 0.3 is 0 Å². The van der Waals surface area contributed by atoms with Crippen LogP contribution in [0.5, 0.6) is 0 Å². The maximum absolute atomic E-state index is 12.6. The van der Waals surface area contributed by atoms with Crippen LogP contribution in [0.25, 0.3) is 0 Å². The fourth-order valence-electron chi connectivity index (χ4n) is 3.14. The van der Waals surface area contributed by atoms with Crippen molar-refractivity contribution in [2.75, 3.05) is 25.1 Å². The van der Waals surface area contributed by atoms with Gasteiger partial charge in [0.25, 0.3) is 0 Å². The van der Waals surface area contributed by atoms with Crippen molar-refractivity contribution in [2.24, 2.45) is 5.92 Å². The van der Waals surface area contributed by atoms with Gasteiger partial charge in [0.15, 0.2) is 0 Å². The second-order valence-corrected chi connectivity index (χ2v) is 6.31. The quantitative estimate of drug-likeness (QED) is 0.859. The Balaban J connectivity index is 1.55. The van der Waals surface area contributed by atoms with Crippen molar-refractivity contribution in [2.45, 2.75) is 19.4 Å². The molecular weight excluding hydrogens is 300 g/mol. The van der Waals surface area contributed by atoms with Crippen LogP contribution in [0, 0.1) is 5.92 Å². The summed E-state index contributed by atoms with van der Waals surface area (Å²) in [6.45, 7) is 2.68. The van der Waals surface area contributed by atoms with Crippen molar-refractivity contribution < 1.29 is 4.79 Å². The number of carbonyl (C=O) groups excluding carboxylic acids is 1. The fraction of sp³-hybridized carbons (Fsp3) is 0.368. The second-order valence-electron chi connectivity index (χ2n) is 6.31. The first-order valence-corrected chi connectivity index (χ1v) is 8.43. The Bertz CT molecular complexity index is 647. The molecule has 5 heteroatoms.